The molecule has 0 aromatic heterocycles. The third kappa shape index (κ3) is 3.00. The topological polar surface area (TPSA) is 81.7 Å². The lowest BCUT2D eigenvalue weighted by Gasteiger charge is -2.09. The van der Waals surface area contributed by atoms with Gasteiger partial charge in [0.05, 0.1) is 23.9 Å². The molecule has 2 aromatic carbocycles. The lowest BCUT2D eigenvalue weighted by atomic mass is 10.1. The van der Waals surface area contributed by atoms with Crippen molar-refractivity contribution in [1.29, 1.82) is 0 Å². The molecule has 24 heavy (non-hydrogen) atoms. The molecule has 1 N–H and O–H groups in total. The molecule has 0 radical (unpaired) electrons. The molecule has 126 valence electrons. The number of nitrogens with one attached hydrogen (secondary N) is 1. The van der Waals surface area contributed by atoms with E-state index in [9.17, 15) is 13.2 Å². The summed E-state index contributed by atoms with van der Waals surface area (Å²) in [6.45, 7) is 0. The second-order valence-corrected chi connectivity index (χ2v) is 7.44. The van der Waals surface area contributed by atoms with E-state index in [4.69, 9.17) is 9.47 Å². The van der Waals surface area contributed by atoms with Crippen LogP contribution >= 0.6 is 0 Å². The lowest BCUT2D eigenvalue weighted by Crippen LogP contribution is -2.12. The van der Waals surface area contributed by atoms with Crippen molar-refractivity contribution >= 4 is 21.4 Å². The molecule has 1 aliphatic rings. The first-order chi connectivity index (χ1) is 11.4. The third-order valence-corrected chi connectivity index (χ3v) is 5.73. The van der Waals surface area contributed by atoms with E-state index in [-0.39, 0.29) is 16.6 Å². The number of ether oxygens (including phenoxy) is 2. The first-order valence-electron chi connectivity index (χ1n) is 7.29. The molecule has 0 fully saturated rings. The molecule has 0 saturated carbocycles. The molecule has 1 unspecified atom stereocenters. The maximum absolute atomic E-state index is 12.3. The van der Waals surface area contributed by atoms with Crippen LogP contribution in [-0.2, 0) is 14.6 Å². The summed E-state index contributed by atoms with van der Waals surface area (Å²) in [5, 5.41) is 2.71. The molecule has 1 atom stereocenters. The van der Waals surface area contributed by atoms with Crippen LogP contribution < -0.4 is 10.1 Å². The number of methoxy groups -OCH3 is 2. The van der Waals surface area contributed by atoms with Crippen molar-refractivity contribution in [2.24, 2.45) is 0 Å². The second kappa shape index (κ2) is 6.26. The van der Waals surface area contributed by atoms with Crippen LogP contribution in [0.1, 0.15) is 22.0 Å². The third-order valence-electron chi connectivity index (χ3n) is 3.96. The summed E-state index contributed by atoms with van der Waals surface area (Å²) in [6, 6.07) is 11.5. The van der Waals surface area contributed by atoms with Crippen LogP contribution in [-0.4, -0.2) is 34.3 Å². The number of carbonyl (C=O) groups is 1. The number of fused-ring (bicyclic) bond motifs is 1. The van der Waals surface area contributed by atoms with Gasteiger partial charge in [-0.3, -0.25) is 4.79 Å². The number of hydrogen-bond donors (Lipinski definition) is 1. The minimum absolute atomic E-state index is 0.0747. The molecular formula is C17H17NO5S. The number of anilines is 1. The Morgan fingerprint density at radius 3 is 2.46 bits per heavy atom. The maximum Gasteiger partial charge on any atom is 0.255 e. The van der Waals surface area contributed by atoms with E-state index in [1.54, 1.807) is 43.5 Å². The molecule has 0 saturated heterocycles. The van der Waals surface area contributed by atoms with Gasteiger partial charge in [0, 0.05) is 23.9 Å². The predicted molar refractivity (Wildman–Crippen MR) is 89.2 cm³/mol. The molecule has 0 spiro atoms. The van der Waals surface area contributed by atoms with E-state index < -0.39 is 15.9 Å². The first-order valence-corrected chi connectivity index (χ1v) is 8.95. The fourth-order valence-corrected chi connectivity index (χ4v) is 4.43. The highest BCUT2D eigenvalue weighted by atomic mass is 32.2. The van der Waals surface area contributed by atoms with Gasteiger partial charge in [-0.05, 0) is 36.4 Å². The summed E-state index contributed by atoms with van der Waals surface area (Å²) in [4.78, 5) is 12.5. The van der Waals surface area contributed by atoms with Gasteiger partial charge in [-0.15, -0.1) is 0 Å². The summed E-state index contributed by atoms with van der Waals surface area (Å²) < 4.78 is 34.6. The van der Waals surface area contributed by atoms with E-state index in [0.717, 1.165) is 0 Å². The van der Waals surface area contributed by atoms with Gasteiger partial charge in [-0.2, -0.15) is 0 Å². The molecule has 1 aliphatic heterocycles. The van der Waals surface area contributed by atoms with Crippen molar-refractivity contribution in [3.8, 4) is 5.75 Å². The van der Waals surface area contributed by atoms with Gasteiger partial charge in [0.1, 0.15) is 5.75 Å². The number of amides is 1. The van der Waals surface area contributed by atoms with E-state index in [1.165, 1.54) is 13.2 Å². The summed E-state index contributed by atoms with van der Waals surface area (Å²) in [5.41, 5.74) is 1.50. The number of sulfone groups is 1. The Labute approximate surface area is 140 Å². The van der Waals surface area contributed by atoms with Crippen molar-refractivity contribution in [2.45, 2.75) is 11.0 Å². The summed E-state index contributed by atoms with van der Waals surface area (Å²) in [6.07, 6.45) is -0.462. The zero-order chi connectivity index (χ0) is 17.3. The van der Waals surface area contributed by atoms with Gasteiger partial charge in [0.25, 0.3) is 5.91 Å². The molecule has 0 aliphatic carbocycles. The highest BCUT2D eigenvalue weighted by Gasteiger charge is 2.35. The van der Waals surface area contributed by atoms with E-state index in [0.29, 0.717) is 22.6 Å². The van der Waals surface area contributed by atoms with Gasteiger partial charge in [-0.25, -0.2) is 8.42 Å². The summed E-state index contributed by atoms with van der Waals surface area (Å²) in [7, 11) is -0.362. The van der Waals surface area contributed by atoms with Gasteiger partial charge >= 0.3 is 0 Å². The van der Waals surface area contributed by atoms with Gasteiger partial charge in [-0.1, -0.05) is 6.07 Å². The Morgan fingerprint density at radius 2 is 1.83 bits per heavy atom. The molecule has 0 bridgehead atoms. The van der Waals surface area contributed by atoms with Crippen LogP contribution in [0, 0.1) is 0 Å². The van der Waals surface area contributed by atoms with Gasteiger partial charge in [0.2, 0.25) is 0 Å². The number of benzene rings is 2. The quantitative estimate of drug-likeness (QED) is 0.918. The highest BCUT2D eigenvalue weighted by Crippen LogP contribution is 2.36. The molecule has 1 heterocycles. The minimum atomic E-state index is -3.39. The molecule has 3 rings (SSSR count). The number of carbonyl (C=O) groups excluding carboxylic acids is 1. The Balaban J connectivity index is 1.85. The summed E-state index contributed by atoms with van der Waals surface area (Å²) >= 11 is 0. The zero-order valence-electron chi connectivity index (χ0n) is 13.3. The molecule has 6 nitrogen and oxygen atoms in total. The maximum atomic E-state index is 12.3. The number of hydrogen-bond acceptors (Lipinski definition) is 5. The predicted octanol–water partition coefficient (Wildman–Crippen LogP) is 2.42. The SMILES string of the molecule is COc1ccc(C(=O)Nc2ccc3c(c2)S(=O)(=O)CC3OC)cc1. The average molecular weight is 347 g/mol. The fourth-order valence-electron chi connectivity index (χ4n) is 2.67. The molecular weight excluding hydrogens is 330 g/mol. The van der Waals surface area contributed by atoms with Crippen LogP contribution in [0.5, 0.6) is 5.75 Å². The Morgan fingerprint density at radius 1 is 1.12 bits per heavy atom. The van der Waals surface area contributed by atoms with E-state index in [1.807, 2.05) is 0 Å². The number of rotatable bonds is 4. The van der Waals surface area contributed by atoms with Gasteiger partial charge in [0.15, 0.2) is 9.84 Å². The van der Waals surface area contributed by atoms with E-state index in [2.05, 4.69) is 5.32 Å². The van der Waals surface area contributed by atoms with Crippen molar-refractivity contribution < 1.29 is 22.7 Å². The molecule has 2 aromatic rings. The van der Waals surface area contributed by atoms with Crippen molar-refractivity contribution in [3.05, 3.63) is 53.6 Å². The lowest BCUT2D eigenvalue weighted by molar-refractivity contribution is 0.102. The molecule has 7 heteroatoms. The van der Waals surface area contributed by atoms with Crippen molar-refractivity contribution in [1.82, 2.24) is 0 Å². The summed E-state index contributed by atoms with van der Waals surface area (Å²) in [5.74, 6) is 0.256. The highest BCUT2D eigenvalue weighted by molar-refractivity contribution is 7.91. The molecule has 1 amide bonds. The van der Waals surface area contributed by atoms with Crippen LogP contribution in [0.25, 0.3) is 0 Å². The normalized spacial score (nSPS) is 18.0. The Bertz CT molecular complexity index is 874. The minimum Gasteiger partial charge on any atom is -0.497 e. The van der Waals surface area contributed by atoms with Crippen LogP contribution in [0.3, 0.4) is 0 Å². The Kier molecular flexibility index (Phi) is 4.29. The Hall–Kier alpha value is -2.38. The smallest absolute Gasteiger partial charge is 0.255 e. The fraction of sp³-hybridized carbons (Fsp3) is 0.235. The first kappa shape index (κ1) is 16.5. The van der Waals surface area contributed by atoms with Crippen molar-refractivity contribution in [3.63, 3.8) is 0 Å². The average Bonchev–Trinajstić information content (AvgIpc) is 2.85. The van der Waals surface area contributed by atoms with Crippen LogP contribution in [0.2, 0.25) is 0 Å². The second-order valence-electron chi connectivity index (χ2n) is 5.44. The van der Waals surface area contributed by atoms with E-state index >= 15 is 0 Å². The largest absolute Gasteiger partial charge is 0.497 e. The van der Waals surface area contributed by atoms with Crippen LogP contribution in [0.4, 0.5) is 5.69 Å². The van der Waals surface area contributed by atoms with Crippen molar-refractivity contribution in [2.75, 3.05) is 25.3 Å². The zero-order valence-corrected chi connectivity index (χ0v) is 14.1. The standard InChI is InChI=1S/C17H17NO5S/c1-22-13-6-3-11(4-7-13)17(19)18-12-5-8-14-15(23-2)10-24(20,21)16(14)9-12/h3-9,15H,10H2,1-2H3,(H,18,19). The van der Waals surface area contributed by atoms with Gasteiger partial charge < -0.3 is 14.8 Å². The van der Waals surface area contributed by atoms with Crippen LogP contribution in [0.15, 0.2) is 47.4 Å². The monoisotopic (exact) mass is 347 g/mol.